The molecule has 0 spiro atoms. The molecule has 2 aliphatic rings. The van der Waals surface area contributed by atoms with Crippen molar-refractivity contribution in [3.63, 3.8) is 0 Å². The van der Waals surface area contributed by atoms with Gasteiger partial charge in [0.05, 0.1) is 12.6 Å². The Balaban J connectivity index is 1.26. The fourth-order valence-corrected chi connectivity index (χ4v) is 3.99. The molecule has 2 N–H and O–H groups in total. The number of hydrogen-bond acceptors (Lipinski definition) is 4. The van der Waals surface area contributed by atoms with Gasteiger partial charge in [-0.2, -0.15) is 0 Å². The summed E-state index contributed by atoms with van der Waals surface area (Å²) >= 11 is 5.97. The molecule has 2 aliphatic heterocycles. The average Bonchev–Trinajstić information content (AvgIpc) is 3.20. The Morgan fingerprint density at radius 3 is 2.36 bits per heavy atom. The number of halogens is 2. The molecule has 0 radical (unpaired) electrons. The molecule has 0 bridgehead atoms. The van der Waals surface area contributed by atoms with Crippen LogP contribution in [-0.2, 0) is 11.2 Å². The number of nitrogens with one attached hydrogen (secondary N) is 2. The van der Waals surface area contributed by atoms with Crippen molar-refractivity contribution in [3.05, 3.63) is 70.5 Å². The van der Waals surface area contributed by atoms with Crippen LogP contribution in [-0.4, -0.2) is 48.1 Å². The van der Waals surface area contributed by atoms with Crippen LogP contribution in [0.4, 0.5) is 4.39 Å². The van der Waals surface area contributed by atoms with Gasteiger partial charge in [0.25, 0.3) is 0 Å². The van der Waals surface area contributed by atoms with E-state index in [4.69, 9.17) is 11.6 Å². The molecule has 28 heavy (non-hydrogen) atoms. The number of rotatable bonds is 4. The van der Waals surface area contributed by atoms with E-state index in [1.807, 2.05) is 17.0 Å². The zero-order valence-electron chi connectivity index (χ0n) is 15.6. The van der Waals surface area contributed by atoms with Gasteiger partial charge < -0.3 is 4.90 Å². The van der Waals surface area contributed by atoms with Crippen molar-refractivity contribution in [1.82, 2.24) is 20.7 Å². The number of piperazine rings is 1. The van der Waals surface area contributed by atoms with E-state index in [1.165, 1.54) is 17.7 Å². The molecular weight excluding hydrogens is 379 g/mol. The lowest BCUT2D eigenvalue weighted by Gasteiger charge is -2.37. The summed E-state index contributed by atoms with van der Waals surface area (Å²) in [4.78, 5) is 16.8. The van der Waals surface area contributed by atoms with E-state index in [-0.39, 0.29) is 23.9 Å². The second-order valence-electron chi connectivity index (χ2n) is 7.36. The second-order valence-corrected chi connectivity index (χ2v) is 7.80. The van der Waals surface area contributed by atoms with Gasteiger partial charge in [0.1, 0.15) is 5.82 Å². The Morgan fingerprint density at radius 2 is 1.68 bits per heavy atom. The first-order valence-corrected chi connectivity index (χ1v) is 9.99. The van der Waals surface area contributed by atoms with Crippen molar-refractivity contribution in [3.8, 4) is 0 Å². The zero-order chi connectivity index (χ0) is 19.5. The summed E-state index contributed by atoms with van der Waals surface area (Å²) in [6, 6.07) is 14.3. The van der Waals surface area contributed by atoms with Crippen molar-refractivity contribution < 1.29 is 9.18 Å². The predicted molar refractivity (Wildman–Crippen MR) is 107 cm³/mol. The maximum atomic E-state index is 13.0. The summed E-state index contributed by atoms with van der Waals surface area (Å²) in [5.41, 5.74) is 8.81. The molecule has 2 fully saturated rings. The molecule has 0 aliphatic carbocycles. The van der Waals surface area contributed by atoms with Crippen molar-refractivity contribution in [2.24, 2.45) is 0 Å². The minimum absolute atomic E-state index is 0.0998. The molecule has 0 saturated carbocycles. The molecule has 1 amide bonds. The molecule has 0 aromatic heterocycles. The summed E-state index contributed by atoms with van der Waals surface area (Å²) < 4.78 is 13.0. The Kier molecular flexibility index (Phi) is 5.92. The first-order chi connectivity index (χ1) is 13.6. The van der Waals surface area contributed by atoms with Crippen molar-refractivity contribution in [2.75, 3.05) is 26.2 Å². The van der Waals surface area contributed by atoms with Crippen molar-refractivity contribution in [2.45, 2.75) is 25.0 Å². The number of amides is 1. The van der Waals surface area contributed by atoms with Crippen LogP contribution in [0.15, 0.2) is 48.5 Å². The van der Waals surface area contributed by atoms with E-state index in [1.54, 1.807) is 12.1 Å². The minimum Gasteiger partial charge on any atom is -0.340 e. The van der Waals surface area contributed by atoms with Crippen LogP contribution in [0.2, 0.25) is 5.02 Å². The van der Waals surface area contributed by atoms with Gasteiger partial charge in [-0.25, -0.2) is 15.2 Å². The molecule has 2 aromatic rings. The number of hydrazine groups is 1. The van der Waals surface area contributed by atoms with Gasteiger partial charge in [0, 0.05) is 37.2 Å². The SMILES string of the molecule is O=C(Cc1ccc(F)cc1)N1CCN(C2CC(c3ccc(Cl)cc3)NN2)CC1. The summed E-state index contributed by atoms with van der Waals surface area (Å²) in [6.45, 7) is 3.09. The maximum absolute atomic E-state index is 13.0. The Hall–Kier alpha value is -1.99. The molecule has 2 atom stereocenters. The predicted octanol–water partition coefficient (Wildman–Crippen LogP) is 2.73. The highest BCUT2D eigenvalue weighted by Gasteiger charge is 2.32. The van der Waals surface area contributed by atoms with Crippen LogP contribution in [0, 0.1) is 5.82 Å². The van der Waals surface area contributed by atoms with Crippen LogP contribution in [0.3, 0.4) is 0 Å². The second kappa shape index (κ2) is 8.57. The van der Waals surface area contributed by atoms with Crippen LogP contribution in [0.25, 0.3) is 0 Å². The highest BCUT2D eigenvalue weighted by atomic mass is 35.5. The van der Waals surface area contributed by atoms with E-state index in [0.29, 0.717) is 19.5 Å². The van der Waals surface area contributed by atoms with Crippen LogP contribution in [0.1, 0.15) is 23.6 Å². The lowest BCUT2D eigenvalue weighted by Crippen LogP contribution is -2.55. The van der Waals surface area contributed by atoms with Crippen LogP contribution in [0.5, 0.6) is 0 Å². The van der Waals surface area contributed by atoms with Gasteiger partial charge in [-0.05, 0) is 41.8 Å². The van der Waals surface area contributed by atoms with Gasteiger partial charge in [-0.15, -0.1) is 0 Å². The molecule has 2 heterocycles. The molecule has 5 nitrogen and oxygen atoms in total. The first-order valence-electron chi connectivity index (χ1n) is 9.61. The van der Waals surface area contributed by atoms with E-state index in [9.17, 15) is 9.18 Å². The quantitative estimate of drug-likeness (QED) is 0.825. The molecule has 4 rings (SSSR count). The maximum Gasteiger partial charge on any atom is 0.227 e. The third-order valence-corrected chi connectivity index (χ3v) is 5.78. The monoisotopic (exact) mass is 402 g/mol. The molecular formula is C21H24ClFN4O. The standard InChI is InChI=1S/C21H24ClFN4O/c22-17-5-3-16(4-6-17)19-14-20(25-24-19)26-9-11-27(12-10-26)21(28)13-15-1-7-18(23)8-2-15/h1-8,19-20,24-25H,9-14H2. The molecule has 2 unspecified atom stereocenters. The smallest absolute Gasteiger partial charge is 0.227 e. The lowest BCUT2D eigenvalue weighted by atomic mass is 10.0. The van der Waals surface area contributed by atoms with Gasteiger partial charge in [0.15, 0.2) is 0 Å². The van der Waals surface area contributed by atoms with Crippen LogP contribution < -0.4 is 10.9 Å². The summed E-state index contributed by atoms with van der Waals surface area (Å²) in [7, 11) is 0. The summed E-state index contributed by atoms with van der Waals surface area (Å²) in [5.74, 6) is -0.179. The average molecular weight is 403 g/mol. The molecule has 2 aromatic carbocycles. The van der Waals surface area contributed by atoms with Gasteiger partial charge >= 0.3 is 0 Å². The molecule has 148 valence electrons. The minimum atomic E-state index is -0.278. The Labute approximate surface area is 169 Å². The third kappa shape index (κ3) is 4.52. The van der Waals surface area contributed by atoms with Gasteiger partial charge in [-0.1, -0.05) is 35.9 Å². The fourth-order valence-electron chi connectivity index (χ4n) is 3.86. The van der Waals surface area contributed by atoms with Gasteiger partial charge in [0.2, 0.25) is 5.91 Å². The van der Waals surface area contributed by atoms with E-state index < -0.39 is 0 Å². The van der Waals surface area contributed by atoms with E-state index >= 15 is 0 Å². The summed E-state index contributed by atoms with van der Waals surface area (Å²) in [6.07, 6.45) is 1.53. The highest BCUT2D eigenvalue weighted by molar-refractivity contribution is 6.30. The Bertz CT molecular complexity index is 806. The highest BCUT2D eigenvalue weighted by Crippen LogP contribution is 2.25. The zero-order valence-corrected chi connectivity index (χ0v) is 16.3. The lowest BCUT2D eigenvalue weighted by molar-refractivity contribution is -0.132. The van der Waals surface area contributed by atoms with Crippen LogP contribution >= 0.6 is 11.6 Å². The number of carbonyl (C=O) groups is 1. The largest absolute Gasteiger partial charge is 0.340 e. The number of nitrogens with zero attached hydrogens (tertiary/aromatic N) is 2. The van der Waals surface area contributed by atoms with Crippen molar-refractivity contribution in [1.29, 1.82) is 0 Å². The number of carbonyl (C=O) groups excluding carboxylic acids is 1. The summed E-state index contributed by atoms with van der Waals surface area (Å²) in [5, 5.41) is 0.743. The Morgan fingerprint density at radius 1 is 1.00 bits per heavy atom. The van der Waals surface area contributed by atoms with E-state index in [0.717, 1.165) is 30.1 Å². The topological polar surface area (TPSA) is 47.6 Å². The van der Waals surface area contributed by atoms with Crippen molar-refractivity contribution >= 4 is 17.5 Å². The molecule has 2 saturated heterocycles. The third-order valence-electron chi connectivity index (χ3n) is 5.53. The fraction of sp³-hybridized carbons (Fsp3) is 0.381. The van der Waals surface area contributed by atoms with E-state index in [2.05, 4.69) is 27.9 Å². The van der Waals surface area contributed by atoms with Gasteiger partial charge in [-0.3, -0.25) is 9.69 Å². The number of hydrogen-bond donors (Lipinski definition) is 2. The normalized spacial score (nSPS) is 23.1. The molecule has 7 heteroatoms. The first kappa shape index (κ1) is 19.3. The number of benzene rings is 2.